The zero-order valence-electron chi connectivity index (χ0n) is 38.3. The number of unbranched alkanes of at least 4 members (excludes halogenated alkanes) is 21. The molecule has 56 heavy (non-hydrogen) atoms. The van der Waals surface area contributed by atoms with Gasteiger partial charge in [-0.3, -0.25) is 14.4 Å². The Morgan fingerprint density at radius 1 is 0.375 bits per heavy atom. The summed E-state index contributed by atoms with van der Waals surface area (Å²) >= 11 is 0. The van der Waals surface area contributed by atoms with Gasteiger partial charge in [0.05, 0.1) is 0 Å². The molecule has 0 heterocycles. The fourth-order valence-corrected chi connectivity index (χ4v) is 7.97. The lowest BCUT2D eigenvalue weighted by molar-refractivity contribution is -0.123. The van der Waals surface area contributed by atoms with Crippen LogP contribution in [0.1, 0.15) is 246 Å². The summed E-state index contributed by atoms with van der Waals surface area (Å²) in [4.78, 5) is 27.9. The summed E-state index contributed by atoms with van der Waals surface area (Å²) in [5, 5.41) is 24.0. The van der Waals surface area contributed by atoms with Crippen molar-refractivity contribution in [3.63, 3.8) is 0 Å². The van der Waals surface area contributed by atoms with Gasteiger partial charge in [0.25, 0.3) is 19.4 Å². The van der Waals surface area contributed by atoms with E-state index >= 15 is 0 Å². The molecule has 0 fully saturated rings. The van der Waals surface area contributed by atoms with Crippen LogP contribution in [0.25, 0.3) is 0 Å². The van der Waals surface area contributed by atoms with Crippen molar-refractivity contribution >= 4 is 19.4 Å². The third-order valence-electron chi connectivity index (χ3n) is 11.2. The summed E-state index contributed by atoms with van der Waals surface area (Å²) in [5.74, 6) is 2.03. The molecule has 1 unspecified atom stereocenters. The number of hydrogen-bond donors (Lipinski definition) is 4. The Hall–Kier alpha value is -1.67. The fourth-order valence-electron chi connectivity index (χ4n) is 7.97. The van der Waals surface area contributed by atoms with E-state index in [1.165, 1.54) is 238 Å². The third-order valence-corrected chi connectivity index (χ3v) is 11.2. The number of carboxylic acid groups (broad SMARTS) is 3. The molecule has 338 valence electrons. The number of carbonyl (C=O) groups is 3. The normalized spacial score (nSPS) is 11.2. The van der Waals surface area contributed by atoms with Crippen LogP contribution < -0.4 is 5.32 Å². The second-order valence-corrected chi connectivity index (χ2v) is 16.2. The van der Waals surface area contributed by atoms with Crippen LogP contribution in [0, 0.1) is 11.8 Å². The lowest BCUT2D eigenvalue weighted by Gasteiger charge is -2.22. The minimum absolute atomic E-state index is 0.250. The van der Waals surface area contributed by atoms with Gasteiger partial charge in [-0.25, -0.2) is 0 Å². The maximum absolute atomic E-state index is 8.36. The molecule has 0 amide bonds. The molecular weight excluding hydrogens is 701 g/mol. The predicted molar refractivity (Wildman–Crippen MR) is 243 cm³/mol. The molecule has 1 atom stereocenters. The van der Waals surface area contributed by atoms with E-state index in [9.17, 15) is 0 Å². The molecule has 0 bridgehead atoms. The van der Waals surface area contributed by atoms with E-state index in [2.05, 4.69) is 45.0 Å². The lowest BCUT2D eigenvalue weighted by atomic mass is 9.89. The molecule has 0 aromatic heterocycles. The quantitative estimate of drug-likeness (QED) is 0.0356. The van der Waals surface area contributed by atoms with Gasteiger partial charge in [-0.15, -0.1) is 0 Å². The highest BCUT2D eigenvalue weighted by molar-refractivity contribution is 5.33. The Labute approximate surface area is 349 Å². The van der Waals surface area contributed by atoms with Crippen LogP contribution in [0.2, 0.25) is 0 Å². The van der Waals surface area contributed by atoms with Crippen molar-refractivity contribution in [3.8, 4) is 0 Å². The first-order valence-corrected chi connectivity index (χ1v) is 24.1. The van der Waals surface area contributed by atoms with Crippen LogP contribution in [0.15, 0.2) is 0 Å². The van der Waals surface area contributed by atoms with E-state index in [1.807, 2.05) is 0 Å². The van der Waals surface area contributed by atoms with Crippen molar-refractivity contribution in [2.45, 2.75) is 246 Å². The van der Waals surface area contributed by atoms with E-state index in [-0.39, 0.29) is 19.4 Å². The highest BCUT2D eigenvalue weighted by Gasteiger charge is 2.10. The standard InChI is InChI=1S/C45H94N2.3CH2O2/c1-6-10-13-16-20-28-37-45(38-29-21-17-14-11-7-2)39-30-23-19-25-32-42-47(43-33-40-46-5)41-31-24-18-22-27-36-44(34-9-4)35-26-15-12-8-3;3*2-1-3/h44-46H,6-43H2,1-5H3;3*1H,(H,2,3). The van der Waals surface area contributed by atoms with Crippen LogP contribution >= 0.6 is 0 Å². The van der Waals surface area contributed by atoms with E-state index < -0.39 is 0 Å². The summed E-state index contributed by atoms with van der Waals surface area (Å²) in [6.07, 6.45) is 49.4. The van der Waals surface area contributed by atoms with Crippen molar-refractivity contribution in [3.05, 3.63) is 0 Å². The summed E-state index contributed by atoms with van der Waals surface area (Å²) in [5.41, 5.74) is 0. The Morgan fingerprint density at radius 2 is 0.625 bits per heavy atom. The first-order valence-electron chi connectivity index (χ1n) is 24.1. The SMILES string of the molecule is CCCCCCCCC(CCCCCCCC)CCCCCCCN(CCCCCCCC(CCC)CCCCCC)CCCNC.O=CO.O=CO.O=CO. The summed E-state index contributed by atoms with van der Waals surface area (Å²) < 4.78 is 0. The molecule has 8 nitrogen and oxygen atoms in total. The molecule has 0 saturated heterocycles. The summed E-state index contributed by atoms with van der Waals surface area (Å²) in [6, 6.07) is 0. The van der Waals surface area contributed by atoms with Gasteiger partial charge in [-0.05, 0) is 64.3 Å². The van der Waals surface area contributed by atoms with Gasteiger partial charge in [-0.2, -0.15) is 0 Å². The van der Waals surface area contributed by atoms with Gasteiger partial charge in [0.15, 0.2) is 0 Å². The highest BCUT2D eigenvalue weighted by Crippen LogP contribution is 2.25. The smallest absolute Gasteiger partial charge is 0.290 e. The number of nitrogens with one attached hydrogen (secondary N) is 1. The minimum atomic E-state index is -0.250. The average molecular weight is 801 g/mol. The second-order valence-electron chi connectivity index (χ2n) is 16.2. The molecule has 0 radical (unpaired) electrons. The van der Waals surface area contributed by atoms with Gasteiger partial charge in [0.2, 0.25) is 0 Å². The molecule has 0 aromatic rings. The molecule has 0 aliphatic carbocycles. The Kier molecular flexibility index (Phi) is 65.4. The number of rotatable bonds is 41. The Morgan fingerprint density at radius 3 is 0.929 bits per heavy atom. The predicted octanol–water partition coefficient (Wildman–Crippen LogP) is 14.2. The summed E-state index contributed by atoms with van der Waals surface area (Å²) in [6.45, 7) is 13.7. The first kappa shape index (κ1) is 61.0. The van der Waals surface area contributed by atoms with Crippen molar-refractivity contribution < 1.29 is 29.7 Å². The first-order chi connectivity index (χ1) is 27.5. The Bertz CT molecular complexity index is 668. The third kappa shape index (κ3) is 59.0. The molecule has 0 aliphatic heterocycles. The fraction of sp³-hybridized carbons (Fsp3) is 0.938. The van der Waals surface area contributed by atoms with Crippen LogP contribution in [-0.4, -0.2) is 72.9 Å². The van der Waals surface area contributed by atoms with Crippen LogP contribution in [0.5, 0.6) is 0 Å². The molecule has 0 aromatic carbocycles. The van der Waals surface area contributed by atoms with Gasteiger partial charge in [0, 0.05) is 0 Å². The molecule has 4 N–H and O–H groups in total. The van der Waals surface area contributed by atoms with Crippen molar-refractivity contribution in [1.29, 1.82) is 0 Å². The molecule has 0 spiro atoms. The highest BCUT2D eigenvalue weighted by atomic mass is 16.4. The minimum Gasteiger partial charge on any atom is -0.483 e. The second kappa shape index (κ2) is 60.0. The number of nitrogens with zero attached hydrogens (tertiary/aromatic N) is 1. The topological polar surface area (TPSA) is 127 Å². The molecule has 0 saturated carbocycles. The maximum atomic E-state index is 8.36. The zero-order chi connectivity index (χ0) is 42.4. The van der Waals surface area contributed by atoms with Crippen LogP contribution in [0.4, 0.5) is 0 Å². The van der Waals surface area contributed by atoms with Gasteiger partial charge < -0.3 is 25.5 Å². The van der Waals surface area contributed by atoms with Gasteiger partial charge >= 0.3 is 0 Å². The molecule has 0 aliphatic rings. The zero-order valence-corrected chi connectivity index (χ0v) is 38.3. The maximum Gasteiger partial charge on any atom is 0.290 e. The van der Waals surface area contributed by atoms with E-state index in [0.29, 0.717) is 0 Å². The van der Waals surface area contributed by atoms with E-state index in [4.69, 9.17) is 29.7 Å². The largest absolute Gasteiger partial charge is 0.483 e. The van der Waals surface area contributed by atoms with Crippen LogP contribution in [-0.2, 0) is 14.4 Å². The van der Waals surface area contributed by atoms with Crippen molar-refractivity contribution in [2.24, 2.45) is 11.8 Å². The van der Waals surface area contributed by atoms with Crippen LogP contribution in [0.3, 0.4) is 0 Å². The Balaban J connectivity index is -0.00000136. The van der Waals surface area contributed by atoms with E-state index in [1.54, 1.807) is 0 Å². The monoisotopic (exact) mass is 801 g/mol. The van der Waals surface area contributed by atoms with Crippen molar-refractivity contribution in [1.82, 2.24) is 10.2 Å². The van der Waals surface area contributed by atoms with Gasteiger partial charge in [-0.1, -0.05) is 227 Å². The number of hydrogen-bond acceptors (Lipinski definition) is 5. The summed E-state index contributed by atoms with van der Waals surface area (Å²) in [7, 11) is 2.10. The average Bonchev–Trinajstić information content (AvgIpc) is 3.18. The van der Waals surface area contributed by atoms with E-state index in [0.717, 1.165) is 18.4 Å². The molecule has 0 rings (SSSR count). The van der Waals surface area contributed by atoms with Gasteiger partial charge in [0.1, 0.15) is 0 Å². The van der Waals surface area contributed by atoms with Crippen molar-refractivity contribution in [2.75, 3.05) is 33.2 Å². The molecule has 8 heteroatoms. The lowest BCUT2D eigenvalue weighted by Crippen LogP contribution is -2.29. The molecular formula is C48H100N2O6.